The number of aryl methyl sites for hydroxylation is 2. The molecule has 0 saturated carbocycles. The van der Waals surface area contributed by atoms with E-state index in [1.807, 2.05) is 56.3 Å². The maximum Gasteiger partial charge on any atom is 0.257 e. The van der Waals surface area contributed by atoms with Gasteiger partial charge in [-0.15, -0.1) is 11.8 Å². The molecule has 1 heterocycles. The summed E-state index contributed by atoms with van der Waals surface area (Å²) in [5.74, 6) is -0.270. The van der Waals surface area contributed by atoms with Crippen LogP contribution in [0, 0.1) is 13.8 Å². The molecule has 0 spiro atoms. The fraction of sp³-hybridized carbons (Fsp3) is 0.211. The van der Waals surface area contributed by atoms with Crippen molar-refractivity contribution in [3.63, 3.8) is 0 Å². The zero-order valence-corrected chi connectivity index (χ0v) is 16.6. The number of rotatable bonds is 6. The minimum atomic E-state index is -0.327. The van der Waals surface area contributed by atoms with Crippen LogP contribution in [0.3, 0.4) is 0 Å². The number of nitrogens with zero attached hydrogens (tertiary/aromatic N) is 1. The van der Waals surface area contributed by atoms with Crippen LogP contribution in [0.5, 0.6) is 0 Å². The molecule has 0 unspecified atom stereocenters. The second-order valence-electron chi connectivity index (χ2n) is 5.89. The first-order valence-corrected chi connectivity index (χ1v) is 10.2. The van der Waals surface area contributed by atoms with Crippen molar-refractivity contribution in [3.8, 4) is 0 Å². The van der Waals surface area contributed by atoms with Crippen LogP contribution < -0.4 is 10.9 Å². The number of amides is 2. The molecule has 3 rings (SSSR count). The van der Waals surface area contributed by atoms with Gasteiger partial charge < -0.3 is 4.42 Å². The molecular formula is C19H19N3O3S2. The Labute approximate surface area is 165 Å². The van der Waals surface area contributed by atoms with Crippen LogP contribution in [-0.4, -0.2) is 28.3 Å². The predicted octanol–water partition coefficient (Wildman–Crippen LogP) is 3.48. The van der Waals surface area contributed by atoms with Gasteiger partial charge in [0.05, 0.1) is 11.5 Å². The first-order valence-electron chi connectivity index (χ1n) is 8.27. The highest BCUT2D eigenvalue weighted by Crippen LogP contribution is 2.24. The molecule has 0 radical (unpaired) electrons. The molecule has 2 N–H and O–H groups in total. The standard InChI is InChI=1S/C19H19N3O3S2/c1-12-7-8-13(2)16(9-12)26-10-17(23)21-22-18(24)11-27-19-20-14-5-3-4-6-15(14)25-19/h3-9H,10-11H2,1-2H3,(H,21,23)(H,22,24). The number of hydrazine groups is 1. The van der Waals surface area contributed by atoms with Crippen molar-refractivity contribution < 1.29 is 14.0 Å². The second kappa shape index (κ2) is 8.96. The molecule has 0 aliphatic heterocycles. The Morgan fingerprint density at radius 1 is 1.00 bits per heavy atom. The van der Waals surface area contributed by atoms with Crippen LogP contribution in [0.25, 0.3) is 11.1 Å². The lowest BCUT2D eigenvalue weighted by atomic mass is 10.2. The molecule has 2 amide bonds. The van der Waals surface area contributed by atoms with Crippen LogP contribution in [-0.2, 0) is 9.59 Å². The Morgan fingerprint density at radius 2 is 1.70 bits per heavy atom. The van der Waals surface area contributed by atoms with Gasteiger partial charge in [-0.3, -0.25) is 20.4 Å². The zero-order valence-electron chi connectivity index (χ0n) is 14.9. The lowest BCUT2D eigenvalue weighted by Gasteiger charge is -2.08. The molecule has 0 bridgehead atoms. The van der Waals surface area contributed by atoms with Gasteiger partial charge in [-0.05, 0) is 37.6 Å². The molecule has 1 aromatic heterocycles. The maximum atomic E-state index is 11.9. The monoisotopic (exact) mass is 401 g/mol. The lowest BCUT2D eigenvalue weighted by Crippen LogP contribution is -2.43. The third-order valence-electron chi connectivity index (χ3n) is 3.64. The van der Waals surface area contributed by atoms with Crippen LogP contribution >= 0.6 is 23.5 Å². The van der Waals surface area contributed by atoms with E-state index in [1.165, 1.54) is 23.5 Å². The fourth-order valence-corrected chi connectivity index (χ4v) is 3.82. The van der Waals surface area contributed by atoms with Gasteiger partial charge in [0.25, 0.3) is 5.22 Å². The Kier molecular flexibility index (Phi) is 6.41. The summed E-state index contributed by atoms with van der Waals surface area (Å²) in [5, 5.41) is 0.420. The summed E-state index contributed by atoms with van der Waals surface area (Å²) >= 11 is 2.61. The van der Waals surface area contributed by atoms with E-state index < -0.39 is 0 Å². The van der Waals surface area contributed by atoms with Crippen molar-refractivity contribution in [1.82, 2.24) is 15.8 Å². The minimum Gasteiger partial charge on any atom is -0.431 e. The third-order valence-corrected chi connectivity index (χ3v) is 5.63. The largest absolute Gasteiger partial charge is 0.431 e. The number of carbonyl (C=O) groups is 2. The van der Waals surface area contributed by atoms with Crippen molar-refractivity contribution in [2.24, 2.45) is 0 Å². The number of fused-ring (bicyclic) bond motifs is 1. The molecule has 2 aromatic carbocycles. The Balaban J connectivity index is 1.40. The van der Waals surface area contributed by atoms with Gasteiger partial charge in [0.2, 0.25) is 11.8 Å². The van der Waals surface area contributed by atoms with Gasteiger partial charge in [0.1, 0.15) is 5.52 Å². The average molecular weight is 402 g/mol. The first-order chi connectivity index (χ1) is 13.0. The van der Waals surface area contributed by atoms with Gasteiger partial charge in [-0.25, -0.2) is 4.98 Å². The Hall–Kier alpha value is -2.45. The van der Waals surface area contributed by atoms with Crippen molar-refractivity contribution in [2.45, 2.75) is 24.0 Å². The number of para-hydroxylation sites is 2. The summed E-state index contributed by atoms with van der Waals surface area (Å²) < 4.78 is 5.53. The molecule has 0 aliphatic rings. The van der Waals surface area contributed by atoms with Gasteiger partial charge in [-0.2, -0.15) is 0 Å². The van der Waals surface area contributed by atoms with Gasteiger partial charge in [0.15, 0.2) is 5.58 Å². The van der Waals surface area contributed by atoms with Crippen LogP contribution in [0.15, 0.2) is 57.0 Å². The van der Waals surface area contributed by atoms with Gasteiger partial charge in [0, 0.05) is 4.90 Å². The van der Waals surface area contributed by atoms with Crippen LogP contribution in [0.2, 0.25) is 0 Å². The average Bonchev–Trinajstić information content (AvgIpc) is 3.08. The highest BCUT2D eigenvalue weighted by atomic mass is 32.2. The molecule has 140 valence electrons. The van der Waals surface area contributed by atoms with E-state index in [2.05, 4.69) is 15.8 Å². The normalized spacial score (nSPS) is 10.7. The SMILES string of the molecule is Cc1ccc(C)c(SCC(=O)NNC(=O)CSc2nc3ccccc3o2)c1. The van der Waals surface area contributed by atoms with Crippen molar-refractivity contribution >= 4 is 46.4 Å². The molecule has 0 atom stereocenters. The summed E-state index contributed by atoms with van der Waals surface area (Å²) in [4.78, 5) is 29.2. The molecule has 3 aromatic rings. The van der Waals surface area contributed by atoms with Gasteiger partial charge in [-0.1, -0.05) is 41.6 Å². The Bertz CT molecular complexity index is 939. The number of benzene rings is 2. The smallest absolute Gasteiger partial charge is 0.257 e. The molecule has 27 heavy (non-hydrogen) atoms. The van der Waals surface area contributed by atoms with Crippen molar-refractivity contribution in [3.05, 3.63) is 53.6 Å². The fourth-order valence-electron chi connectivity index (χ4n) is 2.26. The highest BCUT2D eigenvalue weighted by molar-refractivity contribution is 8.00. The molecule has 0 saturated heterocycles. The molecule has 0 aliphatic carbocycles. The van der Waals surface area contributed by atoms with Crippen molar-refractivity contribution in [1.29, 1.82) is 0 Å². The third kappa shape index (κ3) is 5.51. The van der Waals surface area contributed by atoms with E-state index in [0.29, 0.717) is 10.8 Å². The summed E-state index contributed by atoms with van der Waals surface area (Å²) in [6.45, 7) is 4.02. The highest BCUT2D eigenvalue weighted by Gasteiger charge is 2.10. The molecule has 6 nitrogen and oxygen atoms in total. The summed E-state index contributed by atoms with van der Waals surface area (Å²) in [5.41, 5.74) is 8.53. The molecular weight excluding hydrogens is 382 g/mol. The van der Waals surface area contributed by atoms with Crippen LogP contribution in [0.1, 0.15) is 11.1 Å². The topological polar surface area (TPSA) is 84.2 Å². The first kappa shape index (κ1) is 19.3. The molecule has 8 heteroatoms. The van der Waals surface area contributed by atoms with Crippen molar-refractivity contribution in [2.75, 3.05) is 11.5 Å². The number of carbonyl (C=O) groups excluding carboxylic acids is 2. The summed E-state index contributed by atoms with van der Waals surface area (Å²) in [6, 6.07) is 13.5. The Morgan fingerprint density at radius 3 is 2.44 bits per heavy atom. The lowest BCUT2D eigenvalue weighted by molar-refractivity contribution is -0.126. The molecule has 0 fully saturated rings. The number of aromatic nitrogens is 1. The van der Waals surface area contributed by atoms with E-state index in [1.54, 1.807) is 0 Å². The van der Waals surface area contributed by atoms with Crippen LogP contribution in [0.4, 0.5) is 0 Å². The quantitative estimate of drug-likeness (QED) is 0.486. The number of oxazole rings is 1. The van der Waals surface area contributed by atoms with Gasteiger partial charge >= 0.3 is 0 Å². The second-order valence-corrected chi connectivity index (χ2v) is 7.83. The summed E-state index contributed by atoms with van der Waals surface area (Å²) in [7, 11) is 0. The van der Waals surface area contributed by atoms with E-state index in [4.69, 9.17) is 4.42 Å². The number of thioether (sulfide) groups is 2. The minimum absolute atomic E-state index is 0.0945. The van der Waals surface area contributed by atoms with E-state index >= 15 is 0 Å². The number of nitrogens with one attached hydrogen (secondary N) is 2. The van der Waals surface area contributed by atoms with E-state index in [9.17, 15) is 9.59 Å². The summed E-state index contributed by atoms with van der Waals surface area (Å²) in [6.07, 6.45) is 0. The van der Waals surface area contributed by atoms with E-state index in [-0.39, 0.29) is 23.3 Å². The van der Waals surface area contributed by atoms with E-state index in [0.717, 1.165) is 21.5 Å². The number of hydrogen-bond donors (Lipinski definition) is 2. The number of hydrogen-bond acceptors (Lipinski definition) is 6. The zero-order chi connectivity index (χ0) is 19.2. The maximum absolute atomic E-state index is 11.9. The predicted molar refractivity (Wildman–Crippen MR) is 108 cm³/mol.